The minimum absolute atomic E-state index is 1.33. The normalized spacial score (nSPS) is 12.0. The van der Waals surface area contributed by atoms with Crippen molar-refractivity contribution in [3.05, 3.63) is 0 Å². The topological polar surface area (TPSA) is 0 Å². The van der Waals surface area contributed by atoms with E-state index in [1.54, 1.807) is 0 Å². The summed E-state index contributed by atoms with van der Waals surface area (Å²) < 4.78 is 0. The van der Waals surface area contributed by atoms with Crippen LogP contribution in [0, 0.1) is 0 Å². The van der Waals surface area contributed by atoms with Crippen LogP contribution in [0.3, 0.4) is 0 Å². The van der Waals surface area contributed by atoms with Crippen LogP contribution in [0.1, 0.15) is 78.6 Å². The molecule has 0 nitrogen and oxygen atoms in total. The molecule has 0 aromatic carbocycles. The van der Waals surface area contributed by atoms with Crippen molar-refractivity contribution < 1.29 is 0 Å². The van der Waals surface area contributed by atoms with Crippen molar-refractivity contribution in [2.45, 2.75) is 94.3 Å². The molecule has 0 radical (unpaired) electrons. The molecule has 0 aromatic heterocycles. The van der Waals surface area contributed by atoms with Gasteiger partial charge in [0.25, 0.3) is 0 Å². The van der Waals surface area contributed by atoms with Crippen LogP contribution in [0.25, 0.3) is 0 Å². The molecule has 0 heterocycles. The third-order valence-corrected chi connectivity index (χ3v) is 14.5. The minimum atomic E-state index is -1.92. The maximum atomic E-state index is 7.03. The fraction of sp³-hybridized carbons (Fsp3) is 1.00. The van der Waals surface area contributed by atoms with Crippen LogP contribution in [0.4, 0.5) is 0 Å². The molecule has 2 heteroatoms. The predicted octanol–water partition coefficient (Wildman–Crippen LogP) is 6.74. The van der Waals surface area contributed by atoms with E-state index in [1.165, 1.54) is 73.5 Å². The van der Waals surface area contributed by atoms with Gasteiger partial charge in [0.2, 0.25) is 0 Å². The van der Waals surface area contributed by atoms with Gasteiger partial charge in [0.05, 0.1) is 0 Å². The van der Waals surface area contributed by atoms with Gasteiger partial charge in [0.15, 0.2) is 0 Å². The van der Waals surface area contributed by atoms with Crippen LogP contribution >= 0.6 is 10.0 Å². The Morgan fingerprint density at radius 3 is 1.12 bits per heavy atom. The molecule has 104 valence electrons. The first-order chi connectivity index (χ1) is 8.18. The molecule has 0 atom stereocenters. The monoisotopic (exact) mass is 322 g/mol. The van der Waals surface area contributed by atoms with Crippen molar-refractivity contribution >= 4 is 22.3 Å². The second-order valence-electron chi connectivity index (χ2n) is 5.52. The van der Waals surface area contributed by atoms with E-state index >= 15 is 0 Å². The first-order valence-electron chi connectivity index (χ1n) is 7.87. The predicted molar refractivity (Wildman–Crippen MR) is 84.6 cm³/mol. The molecule has 0 spiro atoms. The van der Waals surface area contributed by atoms with Gasteiger partial charge in [-0.3, -0.25) is 0 Å². The van der Waals surface area contributed by atoms with E-state index in [2.05, 4.69) is 20.8 Å². The third kappa shape index (κ3) is 10.4. The number of hydrogen-bond acceptors (Lipinski definition) is 0. The van der Waals surface area contributed by atoms with Gasteiger partial charge in [0, 0.05) is 0 Å². The molecular weight excluding hydrogens is 288 g/mol. The van der Waals surface area contributed by atoms with Crippen molar-refractivity contribution in [3.63, 3.8) is 0 Å². The molecule has 0 unspecified atom stereocenters. The van der Waals surface area contributed by atoms with E-state index in [4.69, 9.17) is 10.0 Å². The molecule has 0 aromatic rings. The average Bonchev–Trinajstić information content (AvgIpc) is 2.30. The molecule has 0 N–H and O–H groups in total. The van der Waals surface area contributed by atoms with Crippen LogP contribution in [-0.2, 0) is 0 Å². The summed E-state index contributed by atoms with van der Waals surface area (Å²) in [5.74, 6) is 0. The summed E-state index contributed by atoms with van der Waals surface area (Å²) in [4.78, 5) is 0. The average molecular weight is 321 g/mol. The Morgan fingerprint density at radius 1 is 0.588 bits per heavy atom. The zero-order valence-electron chi connectivity index (χ0n) is 12.4. The van der Waals surface area contributed by atoms with Crippen LogP contribution in [0.5, 0.6) is 0 Å². The van der Waals surface area contributed by atoms with E-state index in [1.807, 2.05) is 0 Å². The van der Waals surface area contributed by atoms with Crippen LogP contribution in [-0.4, -0.2) is 12.3 Å². The molecule has 0 rings (SSSR count). The Hall–Kier alpha value is 0.833. The zero-order valence-corrected chi connectivity index (χ0v) is 15.2. The molecule has 17 heavy (non-hydrogen) atoms. The quantitative estimate of drug-likeness (QED) is 0.276. The van der Waals surface area contributed by atoms with E-state index in [0.29, 0.717) is 0 Å². The molecule has 0 saturated heterocycles. The van der Waals surface area contributed by atoms with E-state index in [9.17, 15) is 0 Å². The first kappa shape index (κ1) is 17.8. The third-order valence-electron chi connectivity index (χ3n) is 3.69. The molecule has 0 fully saturated rings. The van der Waals surface area contributed by atoms with Gasteiger partial charge in [-0.25, -0.2) is 0 Å². The van der Waals surface area contributed by atoms with Crippen molar-refractivity contribution in [2.75, 3.05) is 0 Å². The summed E-state index contributed by atoms with van der Waals surface area (Å²) in [6, 6.07) is 0. The standard InChI is InChI=1S/C15H33ClGe/c1-4-7-10-13-17(16,14-11-8-5-2)15-12-9-6-3/h4-15H2,1-3H3. The Balaban J connectivity index is 3.95. The van der Waals surface area contributed by atoms with Crippen LogP contribution in [0.15, 0.2) is 0 Å². The van der Waals surface area contributed by atoms with Gasteiger partial charge in [0.1, 0.15) is 0 Å². The molecule has 0 saturated carbocycles. The summed E-state index contributed by atoms with van der Waals surface area (Å²) >= 11 is -1.92. The second-order valence-corrected chi connectivity index (χ2v) is 17.7. The second kappa shape index (κ2) is 11.9. The molecule has 0 aliphatic rings. The van der Waals surface area contributed by atoms with Crippen molar-refractivity contribution in [2.24, 2.45) is 0 Å². The number of unbranched alkanes of at least 4 members (excludes halogenated alkanes) is 6. The fourth-order valence-corrected chi connectivity index (χ4v) is 11.7. The Labute approximate surface area is 116 Å². The molecule has 0 aliphatic carbocycles. The van der Waals surface area contributed by atoms with Crippen molar-refractivity contribution in [3.8, 4) is 0 Å². The summed E-state index contributed by atoms with van der Waals surface area (Å²) in [5, 5.41) is 4.26. The van der Waals surface area contributed by atoms with Gasteiger partial charge in [-0.15, -0.1) is 0 Å². The van der Waals surface area contributed by atoms with Gasteiger partial charge in [-0.2, -0.15) is 0 Å². The van der Waals surface area contributed by atoms with E-state index < -0.39 is 12.3 Å². The molecule has 0 aliphatic heterocycles. The van der Waals surface area contributed by atoms with Crippen LogP contribution < -0.4 is 0 Å². The summed E-state index contributed by atoms with van der Waals surface area (Å²) in [6.45, 7) is 6.87. The number of rotatable bonds is 12. The number of halogens is 1. The summed E-state index contributed by atoms with van der Waals surface area (Å²) in [7, 11) is 7.03. The zero-order chi connectivity index (χ0) is 13.0. The van der Waals surface area contributed by atoms with Gasteiger partial charge in [-0.05, 0) is 0 Å². The molecular formula is C15H33ClGe. The summed E-state index contributed by atoms with van der Waals surface area (Å²) in [6.07, 6.45) is 12.4. The van der Waals surface area contributed by atoms with Gasteiger partial charge < -0.3 is 0 Å². The Bertz CT molecular complexity index is 132. The van der Waals surface area contributed by atoms with E-state index in [-0.39, 0.29) is 0 Å². The Kier molecular flexibility index (Phi) is 12.5. The van der Waals surface area contributed by atoms with Crippen molar-refractivity contribution in [1.82, 2.24) is 0 Å². The van der Waals surface area contributed by atoms with Gasteiger partial charge >= 0.3 is 117 Å². The number of hydrogen-bond donors (Lipinski definition) is 0. The Morgan fingerprint density at radius 2 is 0.882 bits per heavy atom. The van der Waals surface area contributed by atoms with Crippen LogP contribution in [0.2, 0.25) is 15.8 Å². The van der Waals surface area contributed by atoms with Crippen molar-refractivity contribution in [1.29, 1.82) is 0 Å². The summed E-state index contributed by atoms with van der Waals surface area (Å²) in [5.41, 5.74) is 0. The van der Waals surface area contributed by atoms with Gasteiger partial charge in [-0.1, -0.05) is 0 Å². The molecule has 0 bridgehead atoms. The SMILES string of the molecule is CCCC[CH2][Ge]([Cl])([CH2]CCCC)[CH2]CCCC. The first-order valence-corrected chi connectivity index (χ1v) is 15.1. The van der Waals surface area contributed by atoms with E-state index in [0.717, 1.165) is 0 Å². The molecule has 0 amide bonds. The fourth-order valence-electron chi connectivity index (χ4n) is 2.45. The maximum absolute atomic E-state index is 7.03.